The number of nitrogens with one attached hydrogen (secondary N) is 2. The first-order valence-corrected chi connectivity index (χ1v) is 10.4. The van der Waals surface area contributed by atoms with E-state index >= 15 is 0 Å². The third kappa shape index (κ3) is 4.98. The van der Waals surface area contributed by atoms with Crippen molar-refractivity contribution in [1.82, 2.24) is 4.98 Å². The minimum Gasteiger partial charge on any atom is -0.549 e. The van der Waals surface area contributed by atoms with Crippen LogP contribution in [0.1, 0.15) is 23.5 Å². The van der Waals surface area contributed by atoms with Gasteiger partial charge in [0.1, 0.15) is 5.69 Å². The summed E-state index contributed by atoms with van der Waals surface area (Å²) in [7, 11) is 0. The first kappa shape index (κ1) is 23.1. The number of carboxylic acid groups (broad SMARTS) is 1. The monoisotopic (exact) mass is 472 g/mol. The molecule has 176 valence electrons. The lowest BCUT2D eigenvalue weighted by molar-refractivity contribution is -0.393. The number of para-hydroxylation sites is 1. The third-order valence-electron chi connectivity index (χ3n) is 5.49. The van der Waals surface area contributed by atoms with Crippen LogP contribution in [-0.2, 0) is 4.79 Å². The summed E-state index contributed by atoms with van der Waals surface area (Å²) in [6, 6.07) is 19.1. The molecule has 4 rings (SSSR count). The number of anilines is 1. The van der Waals surface area contributed by atoms with E-state index in [9.17, 15) is 30.1 Å². The molecule has 1 aromatic heterocycles. The fraction of sp³-hybridized carbons (Fsp3) is 0.0833. The van der Waals surface area contributed by atoms with Crippen LogP contribution in [0.5, 0.6) is 0 Å². The summed E-state index contributed by atoms with van der Waals surface area (Å²) in [6.45, 7) is 0. The number of carbonyl (C=O) groups excluding carboxylic acids is 1. The smallest absolute Gasteiger partial charge is 0.301 e. The molecule has 35 heavy (non-hydrogen) atoms. The maximum atomic E-state index is 12.2. The minimum absolute atomic E-state index is 0.0777. The van der Waals surface area contributed by atoms with Crippen molar-refractivity contribution in [2.45, 2.75) is 12.3 Å². The molecule has 0 aliphatic carbocycles. The zero-order valence-corrected chi connectivity index (χ0v) is 18.1. The van der Waals surface area contributed by atoms with E-state index in [1.54, 1.807) is 48.7 Å². The lowest BCUT2D eigenvalue weighted by atomic mass is 9.91. The Bertz CT molecular complexity index is 1450. The molecule has 2 N–H and O–H groups in total. The number of H-pyrrole nitrogens is 1. The fourth-order valence-electron chi connectivity index (χ4n) is 3.76. The molecule has 4 aromatic rings. The van der Waals surface area contributed by atoms with E-state index in [0.29, 0.717) is 16.8 Å². The second kappa shape index (κ2) is 9.83. The molecule has 1 atom stereocenters. The second-order valence-corrected chi connectivity index (χ2v) is 7.62. The van der Waals surface area contributed by atoms with Gasteiger partial charge in [-0.15, -0.1) is 0 Å². The van der Waals surface area contributed by atoms with Crippen molar-refractivity contribution >= 4 is 39.6 Å². The number of aromatic amines is 1. The molecule has 0 unspecified atom stereocenters. The number of nitro groups is 2. The molecule has 1 heterocycles. The van der Waals surface area contributed by atoms with Crippen molar-refractivity contribution < 1.29 is 19.7 Å². The largest absolute Gasteiger partial charge is 0.549 e. The first-order valence-electron chi connectivity index (χ1n) is 10.4. The Morgan fingerprint density at radius 2 is 1.69 bits per heavy atom. The van der Waals surface area contributed by atoms with Crippen molar-refractivity contribution in [3.8, 4) is 0 Å². The summed E-state index contributed by atoms with van der Waals surface area (Å²) in [5.41, 5.74) is 3.72. The van der Waals surface area contributed by atoms with Gasteiger partial charge in [0.15, 0.2) is 0 Å². The van der Waals surface area contributed by atoms with E-state index in [4.69, 9.17) is 0 Å². The number of benzene rings is 3. The lowest BCUT2D eigenvalue weighted by Crippen LogP contribution is -2.31. The number of aromatic nitrogens is 1. The Morgan fingerprint density at radius 1 is 0.971 bits per heavy atom. The van der Waals surface area contributed by atoms with Gasteiger partial charge in [-0.2, -0.15) is 5.10 Å². The van der Waals surface area contributed by atoms with Gasteiger partial charge in [-0.25, -0.2) is 0 Å². The van der Waals surface area contributed by atoms with Gasteiger partial charge in [-0.1, -0.05) is 48.5 Å². The second-order valence-electron chi connectivity index (χ2n) is 7.62. The predicted octanol–water partition coefficient (Wildman–Crippen LogP) is 3.72. The number of nitro benzene ring substituents is 2. The van der Waals surface area contributed by atoms with Crippen LogP contribution < -0.4 is 10.5 Å². The Kier molecular flexibility index (Phi) is 6.49. The van der Waals surface area contributed by atoms with E-state index in [1.807, 2.05) is 12.1 Å². The molecular formula is C24H18N5O6-. The van der Waals surface area contributed by atoms with Crippen LogP contribution >= 0.6 is 0 Å². The molecule has 11 heteroatoms. The lowest BCUT2D eigenvalue weighted by Gasteiger charge is -2.19. The van der Waals surface area contributed by atoms with Crippen LogP contribution in [0.3, 0.4) is 0 Å². The van der Waals surface area contributed by atoms with Crippen LogP contribution in [0.4, 0.5) is 17.1 Å². The van der Waals surface area contributed by atoms with Crippen molar-refractivity contribution in [2.75, 3.05) is 5.43 Å². The summed E-state index contributed by atoms with van der Waals surface area (Å²) in [5.74, 6) is -2.38. The van der Waals surface area contributed by atoms with Gasteiger partial charge in [0.05, 0.1) is 21.6 Å². The number of aliphatic carboxylic acids is 1. The van der Waals surface area contributed by atoms with Crippen LogP contribution in [0, 0.1) is 20.2 Å². The number of hydrazone groups is 1. The molecule has 0 saturated carbocycles. The number of carboxylic acids is 1. The quantitative estimate of drug-likeness (QED) is 0.213. The number of fused-ring (bicyclic) bond motifs is 1. The van der Waals surface area contributed by atoms with Gasteiger partial charge in [-0.3, -0.25) is 25.7 Å². The third-order valence-corrected chi connectivity index (χ3v) is 5.49. The highest BCUT2D eigenvalue weighted by molar-refractivity contribution is 6.04. The number of hydrogen-bond donors (Lipinski definition) is 2. The zero-order valence-electron chi connectivity index (χ0n) is 18.1. The summed E-state index contributed by atoms with van der Waals surface area (Å²) < 4.78 is 0. The summed E-state index contributed by atoms with van der Waals surface area (Å²) >= 11 is 0. The van der Waals surface area contributed by atoms with Crippen molar-refractivity contribution in [3.05, 3.63) is 110 Å². The van der Waals surface area contributed by atoms with Gasteiger partial charge in [0.2, 0.25) is 0 Å². The van der Waals surface area contributed by atoms with Gasteiger partial charge < -0.3 is 14.9 Å². The van der Waals surface area contributed by atoms with Gasteiger partial charge in [0.25, 0.3) is 5.69 Å². The Balaban J connectivity index is 1.74. The maximum Gasteiger partial charge on any atom is 0.301 e. The van der Waals surface area contributed by atoms with Crippen LogP contribution in [0.15, 0.2) is 84.1 Å². The molecule has 0 saturated heterocycles. The highest BCUT2D eigenvalue weighted by Gasteiger charge is 2.22. The molecular weight excluding hydrogens is 454 g/mol. The summed E-state index contributed by atoms with van der Waals surface area (Å²) in [6.07, 6.45) is 1.53. The molecule has 11 nitrogen and oxygen atoms in total. The highest BCUT2D eigenvalue weighted by Crippen LogP contribution is 2.31. The normalized spacial score (nSPS) is 12.3. The average Bonchev–Trinajstić information content (AvgIpc) is 3.28. The topological polar surface area (TPSA) is 167 Å². The van der Waals surface area contributed by atoms with E-state index in [1.165, 1.54) is 6.07 Å². The van der Waals surface area contributed by atoms with Crippen molar-refractivity contribution in [1.29, 1.82) is 0 Å². The van der Waals surface area contributed by atoms with Crippen LogP contribution in [0.2, 0.25) is 0 Å². The number of non-ortho nitro benzene ring substituents is 1. The molecule has 0 amide bonds. The van der Waals surface area contributed by atoms with E-state index in [2.05, 4.69) is 15.5 Å². The van der Waals surface area contributed by atoms with E-state index in [0.717, 1.165) is 23.0 Å². The molecule has 0 bridgehead atoms. The molecule has 0 aliphatic heterocycles. The Hall–Kier alpha value is -5.06. The van der Waals surface area contributed by atoms with Crippen LogP contribution in [0.25, 0.3) is 10.9 Å². The predicted molar refractivity (Wildman–Crippen MR) is 127 cm³/mol. The maximum absolute atomic E-state index is 12.2. The number of hydrogen-bond acceptors (Lipinski definition) is 8. The summed E-state index contributed by atoms with van der Waals surface area (Å²) in [4.78, 5) is 36.2. The van der Waals surface area contributed by atoms with E-state index < -0.39 is 33.1 Å². The molecule has 3 aromatic carbocycles. The summed E-state index contributed by atoms with van der Waals surface area (Å²) in [5, 5.41) is 39.7. The molecule has 0 fully saturated rings. The van der Waals surface area contributed by atoms with Crippen molar-refractivity contribution in [2.24, 2.45) is 5.10 Å². The first-order chi connectivity index (χ1) is 16.8. The standard InChI is InChI=1S/C24H19N5O6/c30-24(31)18(19-14-25-20-9-5-4-8-17(19)20)13-22(15-6-2-1-3-7-15)27-26-21-11-10-16(28(32)33)12-23(21)29(34)35/h1-12,14,18,25-26H,13H2,(H,30,31)/p-1/b27-22+/t18-/m0/s1. The number of nitrogens with zero attached hydrogens (tertiary/aromatic N) is 3. The molecule has 0 radical (unpaired) electrons. The number of carbonyl (C=O) groups is 1. The Morgan fingerprint density at radius 3 is 2.37 bits per heavy atom. The average molecular weight is 472 g/mol. The van der Waals surface area contributed by atoms with E-state index in [-0.39, 0.29) is 12.1 Å². The van der Waals surface area contributed by atoms with Crippen molar-refractivity contribution in [3.63, 3.8) is 0 Å². The Labute approximate surface area is 198 Å². The van der Waals surface area contributed by atoms with Gasteiger partial charge >= 0.3 is 5.69 Å². The minimum atomic E-state index is -1.31. The fourth-order valence-corrected chi connectivity index (χ4v) is 3.76. The highest BCUT2D eigenvalue weighted by atomic mass is 16.6. The molecule has 0 spiro atoms. The number of rotatable bonds is 9. The van der Waals surface area contributed by atoms with Gasteiger partial charge in [0, 0.05) is 41.5 Å². The SMILES string of the molecule is O=C([O-])[C@@H](C/C(=N\Nc1ccc([N+](=O)[O-])cc1[N+](=O)[O-])c1ccccc1)c1c[nH]c2ccccc12. The zero-order chi connectivity index (χ0) is 24.9. The van der Waals surface area contributed by atoms with Crippen LogP contribution in [-0.4, -0.2) is 26.5 Å². The molecule has 0 aliphatic rings. The van der Waals surface area contributed by atoms with Gasteiger partial charge in [-0.05, 0) is 23.3 Å².